The van der Waals surface area contributed by atoms with Gasteiger partial charge in [-0.1, -0.05) is 49.7 Å². The molecule has 1 aliphatic heterocycles. The van der Waals surface area contributed by atoms with Crippen LogP contribution in [0.3, 0.4) is 0 Å². The summed E-state index contributed by atoms with van der Waals surface area (Å²) < 4.78 is 15.0. The first kappa shape index (κ1) is 26.5. The van der Waals surface area contributed by atoms with Gasteiger partial charge in [-0.15, -0.1) is 0 Å². The smallest absolute Gasteiger partial charge is 0.339 e. The zero-order valence-electron chi connectivity index (χ0n) is 17.1. The summed E-state index contributed by atoms with van der Waals surface area (Å²) in [5.41, 5.74) is 1.75. The van der Waals surface area contributed by atoms with E-state index in [0.29, 0.717) is 23.4 Å². The summed E-state index contributed by atoms with van der Waals surface area (Å²) in [5, 5.41) is 3.48. The summed E-state index contributed by atoms with van der Waals surface area (Å²) in [4.78, 5) is 37.0. The highest BCUT2D eigenvalue weighted by Gasteiger charge is 2.39. The molecule has 0 aliphatic carbocycles. The van der Waals surface area contributed by atoms with Crippen molar-refractivity contribution in [3.05, 3.63) is 56.3 Å². The van der Waals surface area contributed by atoms with Crippen LogP contribution in [0.5, 0.6) is 0 Å². The molecule has 0 amide bonds. The molecule has 31 heavy (non-hydrogen) atoms. The molecule has 0 bridgehead atoms. The van der Waals surface area contributed by atoms with Gasteiger partial charge in [0.05, 0.1) is 34.2 Å². The average molecular weight is 472 g/mol. The van der Waals surface area contributed by atoms with E-state index in [4.69, 9.17) is 37.4 Å². The minimum absolute atomic E-state index is 0. The van der Waals surface area contributed by atoms with Gasteiger partial charge in [-0.2, -0.15) is 0 Å². The van der Waals surface area contributed by atoms with E-state index >= 15 is 0 Å². The number of methoxy groups -OCH3 is 1. The molecule has 7 nitrogen and oxygen atoms in total. The lowest BCUT2D eigenvalue weighted by Gasteiger charge is -2.30. The van der Waals surface area contributed by atoms with Crippen molar-refractivity contribution in [2.45, 2.75) is 47.0 Å². The molecule has 2 rings (SSSR count). The molecule has 1 heterocycles. The lowest BCUT2D eigenvalue weighted by atomic mass is 9.80. The summed E-state index contributed by atoms with van der Waals surface area (Å²) in [6.07, 6.45) is 0.832. The molecule has 1 aromatic rings. The highest BCUT2D eigenvalue weighted by Crippen LogP contribution is 2.43. The Labute approximate surface area is 192 Å². The van der Waals surface area contributed by atoms with Gasteiger partial charge in [0.25, 0.3) is 0 Å². The van der Waals surface area contributed by atoms with Crippen molar-refractivity contribution >= 4 is 41.1 Å². The van der Waals surface area contributed by atoms with E-state index in [9.17, 15) is 14.4 Å². The third-order valence-corrected chi connectivity index (χ3v) is 5.38. The van der Waals surface area contributed by atoms with Gasteiger partial charge in [0.15, 0.2) is 0 Å². The fourth-order valence-corrected chi connectivity index (χ4v) is 3.62. The van der Waals surface area contributed by atoms with Crippen LogP contribution in [-0.2, 0) is 28.6 Å². The van der Waals surface area contributed by atoms with Crippen molar-refractivity contribution < 1.29 is 28.6 Å². The number of benzene rings is 1. The molecule has 0 spiro atoms. The van der Waals surface area contributed by atoms with Crippen LogP contribution in [0.25, 0.3) is 0 Å². The van der Waals surface area contributed by atoms with Crippen molar-refractivity contribution in [3.63, 3.8) is 0 Å². The fourth-order valence-electron chi connectivity index (χ4n) is 3.20. The van der Waals surface area contributed by atoms with Crippen molar-refractivity contribution in [2.24, 2.45) is 0 Å². The molecular formula is C22H27Cl2NO6. The second-order valence-corrected chi connectivity index (χ2v) is 7.37. The maximum Gasteiger partial charge on any atom is 0.339 e. The summed E-state index contributed by atoms with van der Waals surface area (Å²) in [6, 6.07) is 4.94. The Bertz CT molecular complexity index is 923. The van der Waals surface area contributed by atoms with Crippen molar-refractivity contribution in [1.82, 2.24) is 5.32 Å². The van der Waals surface area contributed by atoms with Crippen molar-refractivity contribution in [1.29, 1.82) is 0 Å². The molecule has 1 unspecified atom stereocenters. The van der Waals surface area contributed by atoms with Crippen LogP contribution in [0.15, 0.2) is 40.7 Å². The number of ether oxygens (including phenoxy) is 3. The Morgan fingerprint density at radius 1 is 1.03 bits per heavy atom. The molecule has 0 saturated carbocycles. The number of hydrogen-bond donors (Lipinski definition) is 1. The number of carbonyl (C=O) groups is 3. The Morgan fingerprint density at radius 2 is 1.65 bits per heavy atom. The Kier molecular flexibility index (Phi) is 10.1. The lowest BCUT2D eigenvalue weighted by molar-refractivity contribution is -0.164. The molecule has 0 aromatic heterocycles. The van der Waals surface area contributed by atoms with Crippen LogP contribution >= 0.6 is 23.2 Å². The van der Waals surface area contributed by atoms with E-state index in [1.54, 1.807) is 32.0 Å². The zero-order valence-corrected chi connectivity index (χ0v) is 18.6. The Morgan fingerprint density at radius 3 is 2.23 bits per heavy atom. The topological polar surface area (TPSA) is 90.9 Å². The van der Waals surface area contributed by atoms with Gasteiger partial charge in [0.2, 0.25) is 6.79 Å². The summed E-state index contributed by atoms with van der Waals surface area (Å²) in [7, 11) is 1.25. The Balaban J connectivity index is 0.00000480. The van der Waals surface area contributed by atoms with E-state index in [0.717, 1.165) is 0 Å². The van der Waals surface area contributed by atoms with Gasteiger partial charge in [-0.3, -0.25) is 4.79 Å². The first-order valence-electron chi connectivity index (χ1n) is 9.26. The summed E-state index contributed by atoms with van der Waals surface area (Å²) in [6.45, 7) is 4.65. The van der Waals surface area contributed by atoms with Gasteiger partial charge in [-0.05, 0) is 31.9 Å². The fraction of sp³-hybridized carbons (Fsp3) is 0.409. The predicted octanol–water partition coefficient (Wildman–Crippen LogP) is 4.88. The third kappa shape index (κ3) is 6.02. The van der Waals surface area contributed by atoms with E-state index in [1.807, 2.05) is 6.92 Å². The molecule has 170 valence electrons. The molecule has 1 aliphatic rings. The largest absolute Gasteiger partial charge is 0.466 e. The van der Waals surface area contributed by atoms with E-state index in [2.05, 4.69) is 5.32 Å². The van der Waals surface area contributed by atoms with Gasteiger partial charge >= 0.3 is 17.9 Å². The SMILES string of the molecule is C.CCCC(=O)OCOC(=O)C1=C(C)NC(C)=C(C(=O)OC)C1c1cccc(Cl)c1Cl. The van der Waals surface area contributed by atoms with Gasteiger partial charge < -0.3 is 19.5 Å². The monoisotopic (exact) mass is 471 g/mol. The molecule has 0 radical (unpaired) electrons. The first-order valence-corrected chi connectivity index (χ1v) is 10.0. The maximum absolute atomic E-state index is 12.9. The van der Waals surface area contributed by atoms with Crippen LogP contribution in [-0.4, -0.2) is 31.8 Å². The lowest BCUT2D eigenvalue weighted by Crippen LogP contribution is -2.32. The number of carbonyl (C=O) groups excluding carboxylic acids is 3. The highest BCUT2D eigenvalue weighted by atomic mass is 35.5. The number of esters is 3. The maximum atomic E-state index is 12.9. The quantitative estimate of drug-likeness (QED) is 0.447. The molecule has 0 fully saturated rings. The second kappa shape index (κ2) is 11.8. The van der Waals surface area contributed by atoms with E-state index < -0.39 is 30.6 Å². The van der Waals surface area contributed by atoms with Crippen LogP contribution in [0.2, 0.25) is 10.0 Å². The number of hydrogen-bond acceptors (Lipinski definition) is 7. The molecule has 1 aromatic carbocycles. The van der Waals surface area contributed by atoms with Crippen LogP contribution < -0.4 is 5.32 Å². The van der Waals surface area contributed by atoms with Crippen molar-refractivity contribution in [3.8, 4) is 0 Å². The minimum atomic E-state index is -0.885. The van der Waals surface area contributed by atoms with Crippen LogP contribution in [0, 0.1) is 0 Å². The molecule has 0 saturated heterocycles. The molecule has 1 atom stereocenters. The molecule has 9 heteroatoms. The first-order chi connectivity index (χ1) is 14.2. The van der Waals surface area contributed by atoms with Gasteiger partial charge in [-0.25, -0.2) is 9.59 Å². The zero-order chi connectivity index (χ0) is 22.4. The number of allylic oxidation sites excluding steroid dienone is 2. The summed E-state index contributed by atoms with van der Waals surface area (Å²) >= 11 is 12.6. The predicted molar refractivity (Wildman–Crippen MR) is 118 cm³/mol. The minimum Gasteiger partial charge on any atom is -0.466 e. The van der Waals surface area contributed by atoms with E-state index in [-0.39, 0.29) is 35.0 Å². The van der Waals surface area contributed by atoms with Crippen LogP contribution in [0.1, 0.15) is 52.5 Å². The van der Waals surface area contributed by atoms with Gasteiger partial charge in [0, 0.05) is 17.8 Å². The summed E-state index contributed by atoms with van der Waals surface area (Å²) in [5.74, 6) is -2.76. The van der Waals surface area contributed by atoms with Gasteiger partial charge in [0.1, 0.15) is 0 Å². The van der Waals surface area contributed by atoms with Crippen molar-refractivity contribution in [2.75, 3.05) is 13.9 Å². The second-order valence-electron chi connectivity index (χ2n) is 6.59. The number of halogens is 2. The standard InChI is InChI=1S/C21H23Cl2NO6.CH4/c1-5-7-15(25)29-10-30-21(27)17-12(3)24-11(2)16(20(26)28-4)18(17)13-8-6-9-14(22)19(13)23;/h6,8-9,18,24H,5,7,10H2,1-4H3;1H4. The number of rotatable bonds is 7. The van der Waals surface area contributed by atoms with Crippen LogP contribution in [0.4, 0.5) is 0 Å². The normalized spacial score (nSPS) is 15.6. The Hall–Kier alpha value is -2.51. The molecular weight excluding hydrogens is 445 g/mol. The average Bonchev–Trinajstić information content (AvgIpc) is 2.69. The number of nitrogens with one attached hydrogen (secondary N) is 1. The third-order valence-electron chi connectivity index (χ3n) is 4.54. The molecule has 1 N–H and O–H groups in total. The van der Waals surface area contributed by atoms with E-state index in [1.165, 1.54) is 7.11 Å². The number of dihydropyridines is 1. The highest BCUT2D eigenvalue weighted by molar-refractivity contribution is 6.42.